The second kappa shape index (κ2) is 8.94. The molecular weight excluding hydrogens is 558 g/mol. The maximum Gasteiger partial charge on any atom is 0.410 e. The van der Waals surface area contributed by atoms with Crippen LogP contribution in [0.2, 0.25) is 0 Å². The smallest absolute Gasteiger partial charge is 0.410 e. The van der Waals surface area contributed by atoms with E-state index in [0.29, 0.717) is 36.1 Å². The van der Waals surface area contributed by atoms with E-state index in [1.165, 1.54) is 19.3 Å². The number of aliphatic hydroxyl groups is 1. The third-order valence-corrected chi connectivity index (χ3v) is 16.4. The van der Waals surface area contributed by atoms with Crippen LogP contribution in [-0.4, -0.2) is 46.7 Å². The number of rotatable bonds is 4. The summed E-state index contributed by atoms with van der Waals surface area (Å²) in [5.41, 5.74) is 0.669. The van der Waals surface area contributed by atoms with Gasteiger partial charge in [-0.1, -0.05) is 76.3 Å². The normalized spacial score (nSPS) is 49.9. The zero-order chi connectivity index (χ0) is 31.2. The molecule has 1 aromatic rings. The molecule has 45 heavy (non-hydrogen) atoms. The van der Waals surface area contributed by atoms with Crippen LogP contribution in [0.3, 0.4) is 0 Å². The number of aliphatic hydroxyl groups excluding tert-OH is 1. The van der Waals surface area contributed by atoms with Gasteiger partial charge in [-0.15, -0.1) is 0 Å². The highest BCUT2D eigenvalue weighted by Gasteiger charge is 2.76. The Balaban J connectivity index is 1.10. The highest BCUT2D eigenvalue weighted by atomic mass is 16.6. The van der Waals surface area contributed by atoms with Crippen LogP contribution in [-0.2, 0) is 4.74 Å². The van der Waals surface area contributed by atoms with Crippen molar-refractivity contribution in [3.63, 3.8) is 0 Å². The van der Waals surface area contributed by atoms with Crippen LogP contribution >= 0.6 is 0 Å². The van der Waals surface area contributed by atoms with Crippen molar-refractivity contribution in [3.8, 4) is 0 Å². The Hall–Kier alpha value is -2.40. The van der Waals surface area contributed by atoms with E-state index in [-0.39, 0.29) is 40.1 Å². The average molecular weight is 610 g/mol. The quantitative estimate of drug-likeness (QED) is 0.278. The van der Waals surface area contributed by atoms with Crippen LogP contribution in [0.5, 0.6) is 0 Å². The minimum atomic E-state index is -0.509. The van der Waals surface area contributed by atoms with Crippen molar-refractivity contribution in [2.45, 2.75) is 104 Å². The van der Waals surface area contributed by atoms with E-state index in [9.17, 15) is 14.7 Å². The predicted octanol–water partition coefficient (Wildman–Crippen LogP) is 7.99. The Morgan fingerprint density at radius 3 is 2.42 bits per heavy atom. The summed E-state index contributed by atoms with van der Waals surface area (Å²) < 4.78 is 6.67. The second-order valence-electron chi connectivity index (χ2n) is 17.9. The molecule has 11 rings (SSSR count). The summed E-state index contributed by atoms with van der Waals surface area (Å²) in [6, 6.07) is 9.82. The van der Waals surface area contributed by atoms with E-state index in [2.05, 4.69) is 50.8 Å². The minimum absolute atomic E-state index is 0.00859. The largest absolute Gasteiger partial charge is 0.440 e. The monoisotopic (exact) mass is 609 g/mol. The Labute approximate surface area is 268 Å². The molecule has 10 aliphatic rings. The standard InChI is InChI=1S/C40H51NO4/c1-35(2)27-11-10-26(29(35)20-27)23-41-24-39(45-34(41)44)17-14-32-37(39,4)16-13-31-36(3)15-12-28(42)21-38(36)18-19-40(31,32)30(22-38)33(43)25-8-6-5-7-9-25/h5-9,18-19,22,26-29,31-32,42H,10-17,20-21,23-24H2,1-4H3. The lowest BCUT2D eigenvalue weighted by Gasteiger charge is -2.71. The molecule has 3 spiro atoms. The summed E-state index contributed by atoms with van der Waals surface area (Å²) in [6.45, 7) is 11.3. The fourth-order valence-electron chi connectivity index (χ4n) is 13.7. The van der Waals surface area contributed by atoms with Gasteiger partial charge in [0.25, 0.3) is 0 Å². The van der Waals surface area contributed by atoms with Crippen LogP contribution in [0.4, 0.5) is 4.79 Å². The molecule has 240 valence electrons. The van der Waals surface area contributed by atoms with Crippen molar-refractivity contribution >= 4 is 11.9 Å². The number of nitrogens with zero attached hydrogens (tertiary/aromatic N) is 1. The SMILES string of the molecule is CC1(C)C2CCC(CN3CC4(CCC5C67C=CC8(C=C6C(=O)c6ccccc6)CC(O)CCC8(C)C7CCC54C)OC3=O)C1C2. The number of ether oxygens (including phenoxy) is 1. The van der Waals surface area contributed by atoms with Crippen molar-refractivity contribution in [1.29, 1.82) is 0 Å². The highest BCUT2D eigenvalue weighted by molar-refractivity contribution is 6.10. The number of allylic oxidation sites excluding steroid dienone is 4. The maximum absolute atomic E-state index is 14.7. The van der Waals surface area contributed by atoms with Gasteiger partial charge in [0.1, 0.15) is 5.60 Å². The molecule has 0 radical (unpaired) electrons. The molecule has 1 saturated heterocycles. The van der Waals surface area contributed by atoms with Crippen LogP contribution in [0.1, 0.15) is 102 Å². The van der Waals surface area contributed by atoms with Crippen molar-refractivity contribution < 1.29 is 19.4 Å². The minimum Gasteiger partial charge on any atom is -0.440 e. The van der Waals surface area contributed by atoms with Gasteiger partial charge in [-0.05, 0) is 105 Å². The lowest BCUT2D eigenvalue weighted by molar-refractivity contribution is -0.164. The van der Waals surface area contributed by atoms with Crippen LogP contribution < -0.4 is 0 Å². The van der Waals surface area contributed by atoms with Crippen LogP contribution in [0, 0.1) is 56.7 Å². The number of carbonyl (C=O) groups excluding carboxylic acids is 2. The zero-order valence-electron chi connectivity index (χ0n) is 27.7. The third-order valence-electron chi connectivity index (χ3n) is 16.4. The number of ketones is 1. The molecular formula is C40H51NO4. The van der Waals surface area contributed by atoms with Gasteiger partial charge in [0.2, 0.25) is 0 Å². The number of Topliss-reactive ketones (excluding diaryl/α,β-unsaturated/α-hetero) is 1. The number of benzene rings is 1. The number of hydrogen-bond donors (Lipinski definition) is 1. The Bertz CT molecular complexity index is 1530. The van der Waals surface area contributed by atoms with Crippen molar-refractivity contribution in [2.75, 3.05) is 13.1 Å². The maximum atomic E-state index is 14.7. The molecule has 5 nitrogen and oxygen atoms in total. The first-order chi connectivity index (χ1) is 21.4. The molecule has 1 amide bonds. The highest BCUT2D eigenvalue weighted by Crippen LogP contribution is 2.79. The lowest BCUT2D eigenvalue weighted by atomic mass is 9.32. The summed E-state index contributed by atoms with van der Waals surface area (Å²) in [5, 5.41) is 11.0. The lowest BCUT2D eigenvalue weighted by Crippen LogP contribution is -2.67. The van der Waals surface area contributed by atoms with Crippen LogP contribution in [0.25, 0.3) is 0 Å². The van der Waals surface area contributed by atoms with Crippen molar-refractivity contribution in [2.24, 2.45) is 56.7 Å². The summed E-state index contributed by atoms with van der Waals surface area (Å²) in [4.78, 5) is 30.5. The van der Waals surface area contributed by atoms with Crippen molar-refractivity contribution in [1.82, 2.24) is 4.90 Å². The average Bonchev–Trinajstić information content (AvgIpc) is 3.51. The van der Waals surface area contributed by atoms with Gasteiger partial charge in [-0.2, -0.15) is 0 Å². The molecule has 1 heterocycles. The fourth-order valence-corrected chi connectivity index (χ4v) is 13.7. The van der Waals surface area contributed by atoms with Gasteiger partial charge in [0.15, 0.2) is 5.78 Å². The Morgan fingerprint density at radius 2 is 1.67 bits per heavy atom. The van der Waals surface area contributed by atoms with Gasteiger partial charge in [0, 0.05) is 33.9 Å². The first-order valence-corrected chi connectivity index (χ1v) is 18.1. The number of hydrogen-bond acceptors (Lipinski definition) is 4. The summed E-state index contributed by atoms with van der Waals surface area (Å²) >= 11 is 0. The molecule has 5 heteroatoms. The van der Waals surface area contributed by atoms with Gasteiger partial charge >= 0.3 is 6.09 Å². The van der Waals surface area contributed by atoms with Gasteiger partial charge in [0.05, 0.1) is 12.6 Å². The van der Waals surface area contributed by atoms with E-state index in [1.54, 1.807) is 0 Å². The number of amides is 1. The summed E-state index contributed by atoms with van der Waals surface area (Å²) in [7, 11) is 0. The molecule has 11 unspecified atom stereocenters. The number of fused-ring (bicyclic) bond motifs is 4. The molecule has 7 fully saturated rings. The third kappa shape index (κ3) is 3.35. The van der Waals surface area contributed by atoms with E-state index in [1.807, 2.05) is 30.3 Å². The van der Waals surface area contributed by atoms with Gasteiger partial charge in [-0.25, -0.2) is 4.79 Å². The molecule has 6 saturated carbocycles. The first-order valence-electron chi connectivity index (χ1n) is 18.1. The Morgan fingerprint density at radius 1 is 0.933 bits per heavy atom. The Kier molecular flexibility index (Phi) is 5.72. The van der Waals surface area contributed by atoms with Crippen molar-refractivity contribution in [3.05, 3.63) is 59.7 Å². The van der Waals surface area contributed by atoms with Gasteiger partial charge in [-0.3, -0.25) is 4.79 Å². The molecule has 11 atom stereocenters. The van der Waals surface area contributed by atoms with E-state index >= 15 is 0 Å². The first kappa shape index (κ1) is 28.8. The van der Waals surface area contributed by atoms with Crippen LogP contribution in [0.15, 0.2) is 54.1 Å². The molecule has 1 aliphatic heterocycles. The van der Waals surface area contributed by atoms with Gasteiger partial charge < -0.3 is 14.7 Å². The van der Waals surface area contributed by atoms with E-state index < -0.39 is 11.0 Å². The number of carbonyl (C=O) groups is 2. The molecule has 1 aromatic carbocycles. The topological polar surface area (TPSA) is 66.8 Å². The second-order valence-corrected chi connectivity index (χ2v) is 17.9. The summed E-state index contributed by atoms with van der Waals surface area (Å²) in [6.07, 6.45) is 16.9. The summed E-state index contributed by atoms with van der Waals surface area (Å²) in [5.74, 6) is 2.82. The molecule has 0 aromatic heterocycles. The molecule has 1 N–H and O–H groups in total. The van der Waals surface area contributed by atoms with E-state index in [0.717, 1.165) is 62.1 Å². The fraction of sp³-hybridized carbons (Fsp3) is 0.700. The zero-order valence-corrected chi connectivity index (χ0v) is 27.7. The van der Waals surface area contributed by atoms with E-state index in [4.69, 9.17) is 4.74 Å². The molecule has 4 bridgehead atoms. The predicted molar refractivity (Wildman–Crippen MR) is 173 cm³/mol. The molecule has 9 aliphatic carbocycles.